The first-order valence-electron chi connectivity index (χ1n) is 23.2. The van der Waals surface area contributed by atoms with Crippen LogP contribution in [0.15, 0.2) is 97.5 Å². The third-order valence-electron chi connectivity index (χ3n) is 12.5. The van der Waals surface area contributed by atoms with Crippen molar-refractivity contribution in [3.05, 3.63) is 136 Å². The van der Waals surface area contributed by atoms with Gasteiger partial charge in [-0.1, -0.05) is 60.1 Å². The minimum atomic E-state index is -1.14. The molecular weight excluding hydrogens is 917 g/mol. The Balaban J connectivity index is 1.13. The highest BCUT2D eigenvalue weighted by atomic mass is 35.5. The fraction of sp³-hybridized carbons (Fsp3) is 0.340. The molecule has 0 N–H and O–H groups in total. The highest BCUT2D eigenvalue weighted by Gasteiger charge is 2.30. The molecule has 0 radical (unpaired) electrons. The van der Waals surface area contributed by atoms with E-state index in [1.54, 1.807) is 32.4 Å². The second kappa shape index (κ2) is 22.1. The SMILES string of the molecule is CCOC(=O)[C@H]1Cc2cc(ccc2OCc2ccnc(-c3ccccc3OCCOC)n2)CN(CCN2CCN(C)CC2)Cc2ccc(c(C)c2Cl)-c2c(-c3ccc(F)cc3)sc3ncnc(c23)O1. The number of methoxy groups -OCH3 is 1. The molecule has 4 aromatic carbocycles. The first-order chi connectivity index (χ1) is 33.6. The van der Waals surface area contributed by atoms with Crippen LogP contribution in [0.1, 0.15) is 34.9 Å². The third kappa shape index (κ3) is 11.2. The fourth-order valence-electron chi connectivity index (χ4n) is 8.80. The molecule has 16 heteroatoms. The number of hydrogen-bond acceptors (Lipinski definition) is 14. The van der Waals surface area contributed by atoms with Gasteiger partial charge < -0.3 is 28.6 Å². The number of carbonyl (C=O) groups is 1. The van der Waals surface area contributed by atoms with Crippen molar-refractivity contribution in [2.24, 2.45) is 0 Å². The molecule has 1 atom stereocenters. The lowest BCUT2D eigenvalue weighted by Gasteiger charge is -2.34. The molecule has 1 fully saturated rings. The number of hydrogen-bond donors (Lipinski definition) is 0. The van der Waals surface area contributed by atoms with Crippen molar-refractivity contribution < 1.29 is 32.9 Å². The monoisotopic (exact) mass is 971 g/mol. The first kappa shape index (κ1) is 48.0. The van der Waals surface area contributed by atoms with Crippen LogP contribution in [0.4, 0.5) is 4.39 Å². The molecule has 13 nitrogen and oxygen atoms in total. The lowest BCUT2D eigenvalue weighted by atomic mass is 9.94. The number of aromatic nitrogens is 4. The van der Waals surface area contributed by atoms with Crippen LogP contribution in [0.5, 0.6) is 17.4 Å². The van der Waals surface area contributed by atoms with Crippen LogP contribution in [-0.4, -0.2) is 120 Å². The van der Waals surface area contributed by atoms with Crippen molar-refractivity contribution in [1.82, 2.24) is 34.6 Å². The van der Waals surface area contributed by atoms with Crippen LogP contribution in [-0.2, 0) is 40.4 Å². The predicted molar refractivity (Wildman–Crippen MR) is 266 cm³/mol. The van der Waals surface area contributed by atoms with E-state index in [4.69, 9.17) is 45.3 Å². The van der Waals surface area contributed by atoms with Gasteiger partial charge in [0.2, 0.25) is 12.0 Å². The number of piperazine rings is 1. The molecule has 1 saturated heterocycles. The van der Waals surface area contributed by atoms with Gasteiger partial charge in [0.05, 0.1) is 29.9 Å². The molecular formula is C53H55ClFN7O6S. The van der Waals surface area contributed by atoms with Gasteiger partial charge in [-0.3, -0.25) is 9.80 Å². The predicted octanol–water partition coefficient (Wildman–Crippen LogP) is 9.30. The van der Waals surface area contributed by atoms with Gasteiger partial charge in [-0.2, -0.15) is 0 Å². The van der Waals surface area contributed by atoms with Crippen molar-refractivity contribution in [1.29, 1.82) is 0 Å². The topological polar surface area (TPSA) is 124 Å². The lowest BCUT2D eigenvalue weighted by molar-refractivity contribution is -0.151. The van der Waals surface area contributed by atoms with Crippen LogP contribution < -0.4 is 14.2 Å². The molecule has 7 aromatic rings. The van der Waals surface area contributed by atoms with E-state index in [0.717, 1.165) is 88.7 Å². The van der Waals surface area contributed by atoms with E-state index >= 15 is 0 Å². The Hall–Kier alpha value is -6.07. The molecule has 3 aliphatic rings. The molecule has 6 heterocycles. The summed E-state index contributed by atoms with van der Waals surface area (Å²) in [4.78, 5) is 41.8. The Labute approximate surface area is 410 Å². The maximum atomic E-state index is 14.4. The highest BCUT2D eigenvalue weighted by Crippen LogP contribution is 2.49. The second-order valence-corrected chi connectivity index (χ2v) is 18.6. The summed E-state index contributed by atoms with van der Waals surface area (Å²) in [5, 5.41) is 1.26. The number of para-hydroxylation sites is 1. The van der Waals surface area contributed by atoms with Gasteiger partial charge in [-0.25, -0.2) is 29.1 Å². The number of fused-ring (bicyclic) bond motifs is 6. The standard InChI is InChI=1S/C53H55ClFN7O6S/c1-5-65-53(63)45-29-38-28-35(10-17-43(38)67-32-40-18-19-56-50(59-40)42-8-6-7-9-44(42)66-27-26-64-4)30-62(25-24-61-22-20-60(3)21-23-61)31-37-13-16-41(34(2)48(37)54)46-47-51(68-45)57-33-58-52(47)69-49(46)36-11-14-39(55)15-12-36/h6-19,28,33,45H,5,20-27,29-32H2,1-4H3/t45-/m1/s1. The molecule has 3 aromatic heterocycles. The van der Waals surface area contributed by atoms with Crippen LogP contribution in [0, 0.1) is 12.7 Å². The minimum Gasteiger partial charge on any atom is -0.490 e. The van der Waals surface area contributed by atoms with Gasteiger partial charge in [-0.15, -0.1) is 11.3 Å². The van der Waals surface area contributed by atoms with Gasteiger partial charge in [0, 0.05) is 87.5 Å². The molecule has 0 saturated carbocycles. The van der Waals surface area contributed by atoms with E-state index < -0.39 is 12.1 Å². The Morgan fingerprint density at radius 1 is 0.870 bits per heavy atom. The largest absolute Gasteiger partial charge is 0.490 e. The summed E-state index contributed by atoms with van der Waals surface area (Å²) in [6, 6.07) is 26.1. The number of esters is 1. The molecule has 4 bridgehead atoms. The molecule has 69 heavy (non-hydrogen) atoms. The average molecular weight is 973 g/mol. The molecule has 0 unspecified atom stereocenters. The summed E-state index contributed by atoms with van der Waals surface area (Å²) >= 11 is 8.88. The van der Waals surface area contributed by atoms with Crippen molar-refractivity contribution >= 4 is 39.1 Å². The number of thiophene rings is 1. The van der Waals surface area contributed by atoms with Crippen molar-refractivity contribution in [3.63, 3.8) is 0 Å². The number of carbonyl (C=O) groups excluding carboxylic acids is 1. The Bertz CT molecular complexity index is 2910. The summed E-state index contributed by atoms with van der Waals surface area (Å²) in [7, 11) is 3.80. The van der Waals surface area contributed by atoms with Crippen molar-refractivity contribution in [2.45, 2.75) is 46.1 Å². The summed E-state index contributed by atoms with van der Waals surface area (Å²) in [5.41, 5.74) is 7.46. The summed E-state index contributed by atoms with van der Waals surface area (Å²) in [5.74, 6) is 1.01. The molecule has 3 aliphatic heterocycles. The van der Waals surface area contributed by atoms with Gasteiger partial charge in [0.1, 0.15) is 41.7 Å². The molecule has 10 rings (SSSR count). The number of likely N-dealkylation sites (N-methyl/N-ethyl adjacent to an activating group) is 1. The molecule has 0 spiro atoms. The van der Waals surface area contributed by atoms with E-state index in [2.05, 4.69) is 56.0 Å². The number of halogens is 2. The number of benzene rings is 4. The van der Waals surface area contributed by atoms with E-state index in [1.807, 2.05) is 43.3 Å². The van der Waals surface area contributed by atoms with E-state index in [1.165, 1.54) is 29.8 Å². The second-order valence-electron chi connectivity index (χ2n) is 17.2. The zero-order valence-corrected chi connectivity index (χ0v) is 40.8. The zero-order valence-electron chi connectivity index (χ0n) is 39.3. The maximum absolute atomic E-state index is 14.4. The molecule has 0 amide bonds. The van der Waals surface area contributed by atoms with Crippen LogP contribution in [0.25, 0.3) is 43.2 Å². The Morgan fingerprint density at radius 3 is 2.49 bits per heavy atom. The van der Waals surface area contributed by atoms with Gasteiger partial charge in [-0.05, 0) is 90.7 Å². The normalized spacial score (nSPS) is 15.8. The van der Waals surface area contributed by atoms with Crippen LogP contribution in [0.2, 0.25) is 5.02 Å². The van der Waals surface area contributed by atoms with Crippen LogP contribution >= 0.6 is 22.9 Å². The van der Waals surface area contributed by atoms with Crippen LogP contribution in [0.3, 0.4) is 0 Å². The smallest absolute Gasteiger partial charge is 0.347 e. The van der Waals surface area contributed by atoms with Crippen molar-refractivity contribution in [2.75, 3.05) is 73.2 Å². The highest BCUT2D eigenvalue weighted by molar-refractivity contribution is 7.22. The number of ether oxygens (including phenoxy) is 5. The molecule has 0 aliphatic carbocycles. The fourth-order valence-corrected chi connectivity index (χ4v) is 10.2. The first-order valence-corrected chi connectivity index (χ1v) is 24.4. The van der Waals surface area contributed by atoms with Gasteiger partial charge >= 0.3 is 5.97 Å². The van der Waals surface area contributed by atoms with Gasteiger partial charge in [0.25, 0.3) is 0 Å². The van der Waals surface area contributed by atoms with E-state index in [0.29, 0.717) is 64.6 Å². The molecule has 358 valence electrons. The zero-order chi connectivity index (χ0) is 47.9. The average Bonchev–Trinajstić information content (AvgIpc) is 3.75. The Kier molecular flexibility index (Phi) is 15.4. The van der Waals surface area contributed by atoms with Crippen molar-refractivity contribution in [3.8, 4) is 50.3 Å². The van der Waals surface area contributed by atoms with E-state index in [-0.39, 0.29) is 31.3 Å². The summed E-state index contributed by atoms with van der Waals surface area (Å²) in [6.07, 6.45) is 2.09. The summed E-state index contributed by atoms with van der Waals surface area (Å²) in [6.45, 7) is 11.8. The summed E-state index contributed by atoms with van der Waals surface area (Å²) < 4.78 is 44.7. The lowest BCUT2D eigenvalue weighted by Crippen LogP contribution is -2.46. The maximum Gasteiger partial charge on any atom is 0.347 e. The quantitative estimate of drug-likeness (QED) is 0.0761. The van der Waals surface area contributed by atoms with Gasteiger partial charge in [0.15, 0.2) is 5.82 Å². The Morgan fingerprint density at radius 2 is 1.68 bits per heavy atom. The van der Waals surface area contributed by atoms with E-state index in [9.17, 15) is 9.18 Å². The number of nitrogens with zero attached hydrogens (tertiary/aromatic N) is 7. The third-order valence-corrected chi connectivity index (χ3v) is 14.2. The number of rotatable bonds is 14. The minimum absolute atomic E-state index is 0.0961.